The molecule has 4 nitrogen and oxygen atoms in total. The van der Waals surface area contributed by atoms with E-state index in [4.69, 9.17) is 0 Å². The van der Waals surface area contributed by atoms with Gasteiger partial charge in [0.05, 0.1) is 17.6 Å². The maximum Gasteiger partial charge on any atom is 0.310 e. The molecule has 34 heavy (non-hydrogen) atoms. The van der Waals surface area contributed by atoms with Crippen LogP contribution in [-0.2, 0) is 4.79 Å². The highest BCUT2D eigenvalue weighted by atomic mass is 16.4. The first-order valence-electron chi connectivity index (χ1n) is 13.9. The number of hydrogen-bond acceptors (Lipinski definition) is 3. The van der Waals surface area contributed by atoms with Crippen molar-refractivity contribution in [1.29, 1.82) is 0 Å². The highest BCUT2D eigenvalue weighted by Crippen LogP contribution is 2.75. The predicted molar refractivity (Wildman–Crippen MR) is 134 cm³/mol. The van der Waals surface area contributed by atoms with Crippen LogP contribution in [0.5, 0.6) is 0 Å². The van der Waals surface area contributed by atoms with E-state index in [1.807, 2.05) is 0 Å². The number of carbonyl (C=O) groups is 1. The Morgan fingerprint density at radius 2 is 1.53 bits per heavy atom. The molecule has 0 bridgehead atoms. The minimum absolute atomic E-state index is 0.00933. The van der Waals surface area contributed by atoms with Crippen molar-refractivity contribution < 1.29 is 20.1 Å². The molecule has 5 aliphatic rings. The van der Waals surface area contributed by atoms with E-state index in [0.29, 0.717) is 24.7 Å². The van der Waals surface area contributed by atoms with Gasteiger partial charge in [-0.05, 0) is 97.2 Å². The fourth-order valence-corrected chi connectivity index (χ4v) is 10.7. The smallest absolute Gasteiger partial charge is 0.310 e. The van der Waals surface area contributed by atoms with Gasteiger partial charge >= 0.3 is 5.97 Å². The van der Waals surface area contributed by atoms with Crippen LogP contribution in [0.25, 0.3) is 0 Å². The second kappa shape index (κ2) is 7.12. The fraction of sp³-hybridized carbons (Fsp3) is 0.900. The number of aliphatic hydroxyl groups is 2. The molecule has 3 N–H and O–H groups in total. The zero-order chi connectivity index (χ0) is 25.1. The van der Waals surface area contributed by atoms with Gasteiger partial charge in [-0.3, -0.25) is 4.79 Å². The Kier molecular flexibility index (Phi) is 5.20. The molecule has 4 fully saturated rings. The summed E-state index contributed by atoms with van der Waals surface area (Å²) in [6.45, 7) is 16.3. The van der Waals surface area contributed by atoms with Crippen LogP contribution in [0, 0.1) is 50.2 Å². The molecule has 0 saturated heterocycles. The van der Waals surface area contributed by atoms with Crippen LogP contribution in [-0.4, -0.2) is 33.5 Å². The monoisotopic (exact) mass is 472 g/mol. The van der Waals surface area contributed by atoms with Gasteiger partial charge in [-0.2, -0.15) is 0 Å². The van der Waals surface area contributed by atoms with Gasteiger partial charge in [-0.25, -0.2) is 0 Å². The van der Waals surface area contributed by atoms with Crippen molar-refractivity contribution in [2.75, 3.05) is 0 Å². The van der Waals surface area contributed by atoms with E-state index < -0.39 is 22.9 Å². The van der Waals surface area contributed by atoms with Gasteiger partial charge in [0.25, 0.3) is 0 Å². The summed E-state index contributed by atoms with van der Waals surface area (Å²) in [5.74, 6) is 0.201. The largest absolute Gasteiger partial charge is 0.481 e. The summed E-state index contributed by atoms with van der Waals surface area (Å²) in [7, 11) is 0. The van der Waals surface area contributed by atoms with Crippen LogP contribution in [0.4, 0.5) is 0 Å². The Balaban J connectivity index is 1.64. The second-order valence-electron chi connectivity index (χ2n) is 15.1. The van der Waals surface area contributed by atoms with Crippen molar-refractivity contribution in [1.82, 2.24) is 0 Å². The molecule has 0 radical (unpaired) electrons. The third-order valence-electron chi connectivity index (χ3n) is 13.1. The lowest BCUT2D eigenvalue weighted by Gasteiger charge is -2.72. The summed E-state index contributed by atoms with van der Waals surface area (Å²) in [5.41, 5.74) is 0.0923. The van der Waals surface area contributed by atoms with Crippen molar-refractivity contribution in [3.63, 3.8) is 0 Å². The van der Waals surface area contributed by atoms with Gasteiger partial charge in [0.2, 0.25) is 0 Å². The van der Waals surface area contributed by atoms with Crippen LogP contribution in [0.2, 0.25) is 0 Å². The molecule has 0 amide bonds. The number of aliphatic carboxylic acids is 1. The van der Waals surface area contributed by atoms with E-state index in [9.17, 15) is 20.1 Å². The first-order chi connectivity index (χ1) is 15.6. The van der Waals surface area contributed by atoms with E-state index >= 15 is 0 Å². The molecule has 9 atom stereocenters. The lowest BCUT2D eigenvalue weighted by Crippen LogP contribution is -2.68. The molecule has 4 heteroatoms. The van der Waals surface area contributed by atoms with Gasteiger partial charge in [0, 0.05) is 5.41 Å². The normalized spacial score (nSPS) is 53.4. The third-order valence-corrected chi connectivity index (χ3v) is 13.1. The number of allylic oxidation sites excluding steroid dienone is 1. The molecule has 0 heterocycles. The highest BCUT2D eigenvalue weighted by Gasteiger charge is 2.71. The summed E-state index contributed by atoms with van der Waals surface area (Å²) in [6, 6.07) is 0. The molecular weight excluding hydrogens is 424 g/mol. The fourth-order valence-electron chi connectivity index (χ4n) is 10.7. The van der Waals surface area contributed by atoms with E-state index in [0.717, 1.165) is 44.9 Å². The average molecular weight is 473 g/mol. The molecular formula is C30H48O4. The maximum atomic E-state index is 12.8. The van der Waals surface area contributed by atoms with Crippen molar-refractivity contribution >= 4 is 5.97 Å². The molecule has 0 aromatic rings. The Hall–Kier alpha value is -0.870. The third kappa shape index (κ3) is 2.82. The summed E-state index contributed by atoms with van der Waals surface area (Å²) in [4.78, 5) is 12.8. The Labute approximate surface area is 206 Å². The zero-order valence-corrected chi connectivity index (χ0v) is 22.6. The Morgan fingerprint density at radius 3 is 2.18 bits per heavy atom. The number of fused-ring (bicyclic) bond motifs is 7. The van der Waals surface area contributed by atoms with E-state index in [-0.39, 0.29) is 33.7 Å². The van der Waals surface area contributed by atoms with Gasteiger partial charge in [0.15, 0.2) is 0 Å². The SMILES string of the molecule is CC1(C)CC[C@]2(C(=O)O)C[C@@H](O)[C@]3(C)C(=CC[C@@H]4[C@@]5(C)CC[C@H](O)C(C)(C)[C@H]5CC[C@]43C)[C@@H]2C1. The lowest BCUT2D eigenvalue weighted by molar-refractivity contribution is -0.226. The molecule has 0 aliphatic heterocycles. The number of rotatable bonds is 1. The summed E-state index contributed by atoms with van der Waals surface area (Å²) in [6.07, 6.45) is 9.33. The number of aliphatic hydroxyl groups excluding tert-OH is 2. The van der Waals surface area contributed by atoms with E-state index in [1.54, 1.807) is 0 Å². The second-order valence-corrected chi connectivity index (χ2v) is 15.1. The molecule has 0 unspecified atom stereocenters. The molecule has 0 aromatic carbocycles. The lowest BCUT2D eigenvalue weighted by atomic mass is 9.33. The molecule has 4 saturated carbocycles. The van der Waals surface area contributed by atoms with E-state index in [1.165, 1.54) is 5.57 Å². The standard InChI is InChI=1S/C30H48O4/c1-25(2)14-15-30(24(33)34)17-23(32)29(7)18(19(30)16-25)8-9-21-27(5)12-11-22(31)26(3,4)20(27)10-13-28(21,29)6/h8,19-23,31-32H,9-17H2,1-7H3,(H,33,34)/t19-,20+,21+,22-,23+,27-,28+,29-,30-/m0/s1. The zero-order valence-electron chi connectivity index (χ0n) is 22.6. The molecule has 5 rings (SSSR count). The minimum Gasteiger partial charge on any atom is -0.481 e. The molecule has 5 aliphatic carbocycles. The van der Waals surface area contributed by atoms with Crippen LogP contribution < -0.4 is 0 Å². The van der Waals surface area contributed by atoms with Gasteiger partial charge in [0.1, 0.15) is 0 Å². The predicted octanol–water partition coefficient (Wildman–Crippen LogP) is 6.20. The van der Waals surface area contributed by atoms with Gasteiger partial charge in [-0.15, -0.1) is 0 Å². The quantitative estimate of drug-likeness (QED) is 0.397. The van der Waals surface area contributed by atoms with Crippen LogP contribution in [0.3, 0.4) is 0 Å². The number of carboxylic acids is 1. The first-order valence-corrected chi connectivity index (χ1v) is 13.9. The topological polar surface area (TPSA) is 77.8 Å². The Morgan fingerprint density at radius 1 is 0.853 bits per heavy atom. The summed E-state index contributed by atoms with van der Waals surface area (Å²) in [5, 5.41) is 33.3. The van der Waals surface area contributed by atoms with Gasteiger partial charge < -0.3 is 15.3 Å². The average Bonchev–Trinajstić information content (AvgIpc) is 2.72. The minimum atomic E-state index is -0.832. The van der Waals surface area contributed by atoms with Crippen molar-refractivity contribution in [3.05, 3.63) is 11.6 Å². The van der Waals surface area contributed by atoms with Crippen molar-refractivity contribution in [2.45, 2.75) is 118 Å². The molecule has 0 aromatic heterocycles. The van der Waals surface area contributed by atoms with Crippen molar-refractivity contribution in [2.24, 2.45) is 50.2 Å². The number of hydrogen-bond donors (Lipinski definition) is 3. The van der Waals surface area contributed by atoms with Crippen LogP contribution >= 0.6 is 0 Å². The van der Waals surface area contributed by atoms with Crippen LogP contribution in [0.15, 0.2) is 11.6 Å². The maximum absolute atomic E-state index is 12.8. The summed E-state index contributed by atoms with van der Waals surface area (Å²) >= 11 is 0. The van der Waals surface area contributed by atoms with Gasteiger partial charge in [-0.1, -0.05) is 60.1 Å². The Bertz CT molecular complexity index is 919. The van der Waals surface area contributed by atoms with Crippen molar-refractivity contribution in [3.8, 4) is 0 Å². The van der Waals surface area contributed by atoms with E-state index in [2.05, 4.69) is 54.5 Å². The highest BCUT2D eigenvalue weighted by molar-refractivity contribution is 5.77. The van der Waals surface area contributed by atoms with Crippen LogP contribution in [0.1, 0.15) is 106 Å². The number of carboxylic acid groups (broad SMARTS) is 1. The molecule has 0 spiro atoms. The summed E-state index contributed by atoms with van der Waals surface area (Å²) < 4.78 is 0. The first kappa shape index (κ1) is 24.8. The molecule has 192 valence electrons.